The van der Waals surface area contributed by atoms with E-state index in [0.29, 0.717) is 23.2 Å². The molecule has 1 heterocycles. The van der Waals surface area contributed by atoms with Gasteiger partial charge in [-0.2, -0.15) is 0 Å². The van der Waals surface area contributed by atoms with Crippen LogP contribution in [0.2, 0.25) is 0 Å². The molecule has 0 bridgehead atoms. The van der Waals surface area contributed by atoms with Crippen LogP contribution in [0.5, 0.6) is 0 Å². The second-order valence-corrected chi connectivity index (χ2v) is 9.21. The highest BCUT2D eigenvalue weighted by atomic mass is 19.1. The number of hydrogen-bond acceptors (Lipinski definition) is 4. The molecule has 3 atom stereocenters. The first kappa shape index (κ1) is 26.0. The minimum absolute atomic E-state index is 0.135. The maximum atomic E-state index is 14.1. The predicted molar refractivity (Wildman–Crippen MR) is 140 cm³/mol. The van der Waals surface area contributed by atoms with Gasteiger partial charge in [-0.15, -0.1) is 0 Å². The Labute approximate surface area is 216 Å². The topological polar surface area (TPSA) is 90.5 Å². The van der Waals surface area contributed by atoms with Crippen LogP contribution in [0.1, 0.15) is 35.2 Å². The molecule has 4 rings (SSSR count). The Morgan fingerprint density at radius 3 is 2.46 bits per heavy atom. The zero-order valence-corrected chi connectivity index (χ0v) is 21.1. The number of aryl methyl sites for hydroxylation is 1. The van der Waals surface area contributed by atoms with Crippen molar-refractivity contribution in [3.8, 4) is 0 Å². The van der Waals surface area contributed by atoms with Crippen LogP contribution in [0.25, 0.3) is 0 Å². The van der Waals surface area contributed by atoms with Crippen LogP contribution in [0.15, 0.2) is 72.8 Å². The zero-order chi connectivity index (χ0) is 26.5. The van der Waals surface area contributed by atoms with Crippen LogP contribution in [-0.2, 0) is 27.3 Å². The third-order valence-electron chi connectivity index (χ3n) is 6.77. The van der Waals surface area contributed by atoms with Crippen molar-refractivity contribution in [2.45, 2.75) is 44.9 Å². The maximum Gasteiger partial charge on any atom is 0.254 e. The summed E-state index contributed by atoms with van der Waals surface area (Å²) in [6.07, 6.45) is 0.332. The van der Waals surface area contributed by atoms with E-state index < -0.39 is 24.0 Å². The molecule has 0 aromatic heterocycles. The minimum atomic E-state index is -0.989. The zero-order valence-electron chi connectivity index (χ0n) is 21.1. The van der Waals surface area contributed by atoms with Crippen LogP contribution < -0.4 is 20.9 Å². The van der Waals surface area contributed by atoms with Gasteiger partial charge in [0, 0.05) is 18.7 Å². The third kappa shape index (κ3) is 5.70. The number of benzene rings is 3. The Bertz CT molecular complexity index is 1300. The van der Waals surface area contributed by atoms with Crippen molar-refractivity contribution in [3.05, 3.63) is 101 Å². The van der Waals surface area contributed by atoms with Crippen LogP contribution in [0.3, 0.4) is 0 Å². The van der Waals surface area contributed by atoms with Gasteiger partial charge in [0.1, 0.15) is 17.9 Å². The van der Waals surface area contributed by atoms with Crippen molar-refractivity contribution >= 4 is 23.4 Å². The van der Waals surface area contributed by atoms with Crippen molar-refractivity contribution < 1.29 is 18.8 Å². The fourth-order valence-corrected chi connectivity index (χ4v) is 4.47. The van der Waals surface area contributed by atoms with E-state index in [9.17, 15) is 18.8 Å². The monoisotopic (exact) mass is 502 g/mol. The summed E-state index contributed by atoms with van der Waals surface area (Å²) in [5, 5.41) is 8.62. The molecule has 7 nitrogen and oxygen atoms in total. The molecular weight excluding hydrogens is 471 g/mol. The van der Waals surface area contributed by atoms with Gasteiger partial charge in [0.2, 0.25) is 11.8 Å². The Morgan fingerprint density at radius 1 is 1.03 bits per heavy atom. The molecule has 1 aliphatic rings. The summed E-state index contributed by atoms with van der Waals surface area (Å²) in [4.78, 5) is 41.8. The van der Waals surface area contributed by atoms with Crippen LogP contribution >= 0.6 is 0 Å². The Hall–Kier alpha value is -4.04. The molecule has 0 fully saturated rings. The molecule has 37 heavy (non-hydrogen) atoms. The lowest BCUT2D eigenvalue weighted by Crippen LogP contribution is -2.53. The molecule has 8 heteroatoms. The maximum absolute atomic E-state index is 14.1. The highest BCUT2D eigenvalue weighted by Crippen LogP contribution is 2.34. The predicted octanol–water partition coefficient (Wildman–Crippen LogP) is 3.17. The molecular formula is C29H31FN4O3. The van der Waals surface area contributed by atoms with Crippen molar-refractivity contribution in [2.75, 3.05) is 11.9 Å². The smallest absolute Gasteiger partial charge is 0.254 e. The van der Waals surface area contributed by atoms with E-state index in [1.54, 1.807) is 50.4 Å². The first-order valence-corrected chi connectivity index (χ1v) is 12.3. The van der Waals surface area contributed by atoms with E-state index in [1.807, 2.05) is 31.2 Å². The molecule has 0 aliphatic carbocycles. The number of nitrogens with one attached hydrogen (secondary N) is 3. The number of hydrogen-bond donors (Lipinski definition) is 3. The normalized spacial score (nSPS) is 16.0. The highest BCUT2D eigenvalue weighted by molar-refractivity contribution is 6.07. The van der Waals surface area contributed by atoms with Crippen molar-refractivity contribution in [2.24, 2.45) is 0 Å². The number of likely N-dealkylation sites (N-methyl/N-ethyl adjacent to an activating group) is 1. The molecule has 0 saturated carbocycles. The Balaban J connectivity index is 1.64. The number of halogens is 1. The first-order valence-electron chi connectivity index (χ1n) is 12.3. The molecule has 192 valence electrons. The lowest BCUT2D eigenvalue weighted by molar-refractivity contribution is -0.130. The SMILES string of the molecule is CN[C@@H](C)C(=O)NC(C(=O)N1c2ccccc2C[C@H]1C(=O)NCc1cc(F)ccc1C)c1ccccc1. The van der Waals surface area contributed by atoms with Gasteiger partial charge in [0.05, 0.1) is 6.04 Å². The molecule has 0 saturated heterocycles. The summed E-state index contributed by atoms with van der Waals surface area (Å²) in [6, 6.07) is 18.5. The average Bonchev–Trinajstić information content (AvgIpc) is 3.31. The molecule has 0 spiro atoms. The number of carbonyl (C=O) groups is 3. The number of fused-ring (bicyclic) bond motifs is 1. The van der Waals surface area contributed by atoms with Gasteiger partial charge in [-0.05, 0) is 61.3 Å². The third-order valence-corrected chi connectivity index (χ3v) is 6.77. The average molecular weight is 503 g/mol. The molecule has 3 N–H and O–H groups in total. The summed E-state index contributed by atoms with van der Waals surface area (Å²) < 4.78 is 13.8. The van der Waals surface area contributed by atoms with E-state index in [-0.39, 0.29) is 24.2 Å². The van der Waals surface area contributed by atoms with Crippen LogP contribution in [-0.4, -0.2) is 36.9 Å². The largest absolute Gasteiger partial charge is 0.350 e. The number of para-hydroxylation sites is 1. The first-order chi connectivity index (χ1) is 17.8. The number of carbonyl (C=O) groups excluding carboxylic acids is 3. The minimum Gasteiger partial charge on any atom is -0.350 e. The Kier molecular flexibility index (Phi) is 7.98. The lowest BCUT2D eigenvalue weighted by atomic mass is 10.0. The quantitative estimate of drug-likeness (QED) is 0.441. The summed E-state index contributed by atoms with van der Waals surface area (Å²) >= 11 is 0. The van der Waals surface area contributed by atoms with E-state index in [0.717, 1.165) is 11.1 Å². The van der Waals surface area contributed by atoms with Gasteiger partial charge < -0.3 is 16.0 Å². The molecule has 3 amide bonds. The summed E-state index contributed by atoms with van der Waals surface area (Å²) in [5.41, 5.74) is 3.63. The number of rotatable bonds is 8. The van der Waals surface area contributed by atoms with E-state index in [4.69, 9.17) is 0 Å². The number of anilines is 1. The summed E-state index contributed by atoms with van der Waals surface area (Å²) in [6.45, 7) is 3.69. The molecule has 3 aromatic carbocycles. The van der Waals surface area contributed by atoms with Gasteiger partial charge in [-0.1, -0.05) is 54.6 Å². The fraction of sp³-hybridized carbons (Fsp3) is 0.276. The van der Waals surface area contributed by atoms with E-state index in [2.05, 4.69) is 16.0 Å². The van der Waals surface area contributed by atoms with Gasteiger partial charge in [-0.3, -0.25) is 19.3 Å². The molecule has 3 aromatic rings. The fourth-order valence-electron chi connectivity index (χ4n) is 4.47. The van der Waals surface area contributed by atoms with Crippen molar-refractivity contribution in [1.29, 1.82) is 0 Å². The summed E-state index contributed by atoms with van der Waals surface area (Å²) in [7, 11) is 1.67. The summed E-state index contributed by atoms with van der Waals surface area (Å²) in [5.74, 6) is -1.47. The van der Waals surface area contributed by atoms with Gasteiger partial charge in [-0.25, -0.2) is 4.39 Å². The van der Waals surface area contributed by atoms with E-state index in [1.165, 1.54) is 17.0 Å². The van der Waals surface area contributed by atoms with Gasteiger partial charge >= 0.3 is 0 Å². The van der Waals surface area contributed by atoms with Crippen molar-refractivity contribution in [3.63, 3.8) is 0 Å². The number of amides is 3. The van der Waals surface area contributed by atoms with Crippen LogP contribution in [0.4, 0.5) is 10.1 Å². The second kappa shape index (κ2) is 11.3. The van der Waals surface area contributed by atoms with Crippen molar-refractivity contribution in [1.82, 2.24) is 16.0 Å². The van der Waals surface area contributed by atoms with Crippen LogP contribution in [0, 0.1) is 12.7 Å². The molecule has 0 radical (unpaired) electrons. The molecule has 1 unspecified atom stereocenters. The highest BCUT2D eigenvalue weighted by Gasteiger charge is 2.41. The Morgan fingerprint density at radius 2 is 1.73 bits per heavy atom. The van der Waals surface area contributed by atoms with E-state index >= 15 is 0 Å². The number of nitrogens with zero attached hydrogens (tertiary/aromatic N) is 1. The molecule has 1 aliphatic heterocycles. The van der Waals surface area contributed by atoms with Gasteiger partial charge in [0.25, 0.3) is 5.91 Å². The standard InChI is InChI=1S/C29H31FN4O3/c1-18-13-14-23(30)15-22(18)17-32-28(36)25-16-21-11-7-8-12-24(21)34(25)29(37)26(20-9-5-4-6-10-20)33-27(35)19(2)31-3/h4-15,19,25-26,31H,16-17H2,1-3H3,(H,32,36)(H,33,35)/t19-,25-,26?/m0/s1. The lowest BCUT2D eigenvalue weighted by Gasteiger charge is -2.30. The van der Waals surface area contributed by atoms with Gasteiger partial charge in [0.15, 0.2) is 0 Å². The second-order valence-electron chi connectivity index (χ2n) is 9.21.